The molecule has 4 rings (SSSR count). The molecule has 0 saturated carbocycles. The summed E-state index contributed by atoms with van der Waals surface area (Å²) in [6.45, 7) is 0.702. The molecule has 2 aromatic heterocycles. The molecule has 0 radical (unpaired) electrons. The molecule has 6 heteroatoms. The van der Waals surface area contributed by atoms with Crippen LogP contribution in [-0.2, 0) is 30.6 Å². The van der Waals surface area contributed by atoms with Crippen LogP contribution in [0.25, 0.3) is 0 Å². The van der Waals surface area contributed by atoms with Crippen molar-refractivity contribution in [3.05, 3.63) is 65.2 Å². The number of anilines is 1. The molecule has 0 aliphatic heterocycles. The SMILES string of the molecule is O=C(Cc1cnn(Cc2ccccc2)c1)Nc1nc2c([nH]1)CCCC2. The number of benzene rings is 1. The summed E-state index contributed by atoms with van der Waals surface area (Å²) < 4.78 is 1.85. The molecule has 0 saturated heterocycles. The molecule has 1 amide bonds. The number of aromatic nitrogens is 4. The third kappa shape index (κ3) is 3.79. The minimum absolute atomic E-state index is 0.0784. The predicted molar refractivity (Wildman–Crippen MR) is 95.3 cm³/mol. The van der Waals surface area contributed by atoms with E-state index in [9.17, 15) is 4.79 Å². The Morgan fingerprint density at radius 2 is 2.00 bits per heavy atom. The first-order valence-corrected chi connectivity index (χ1v) is 8.69. The highest BCUT2D eigenvalue weighted by Gasteiger charge is 2.15. The molecule has 3 aromatic rings. The van der Waals surface area contributed by atoms with Gasteiger partial charge in [-0.1, -0.05) is 30.3 Å². The number of aromatic amines is 1. The fourth-order valence-corrected chi connectivity index (χ4v) is 3.23. The summed E-state index contributed by atoms with van der Waals surface area (Å²) in [5, 5.41) is 7.20. The summed E-state index contributed by atoms with van der Waals surface area (Å²) in [6.07, 6.45) is 8.32. The first-order chi connectivity index (χ1) is 12.3. The molecule has 128 valence electrons. The third-order valence-corrected chi connectivity index (χ3v) is 4.45. The van der Waals surface area contributed by atoms with E-state index in [0.717, 1.165) is 29.8 Å². The second-order valence-electron chi connectivity index (χ2n) is 6.47. The van der Waals surface area contributed by atoms with Crippen molar-refractivity contribution >= 4 is 11.9 Å². The van der Waals surface area contributed by atoms with Crippen molar-refractivity contribution in [2.45, 2.75) is 38.6 Å². The molecule has 2 heterocycles. The molecule has 1 aliphatic rings. The van der Waals surface area contributed by atoms with Gasteiger partial charge in [-0.05, 0) is 36.8 Å². The first-order valence-electron chi connectivity index (χ1n) is 8.69. The van der Waals surface area contributed by atoms with E-state index in [4.69, 9.17) is 0 Å². The Morgan fingerprint density at radius 1 is 1.16 bits per heavy atom. The fraction of sp³-hybridized carbons (Fsp3) is 0.316. The number of fused-ring (bicyclic) bond motifs is 1. The highest BCUT2D eigenvalue weighted by Crippen LogP contribution is 2.20. The van der Waals surface area contributed by atoms with Crippen LogP contribution in [0.1, 0.15) is 35.4 Å². The van der Waals surface area contributed by atoms with E-state index in [0.29, 0.717) is 18.9 Å². The van der Waals surface area contributed by atoms with Crippen LogP contribution in [0.4, 0.5) is 5.95 Å². The van der Waals surface area contributed by atoms with Gasteiger partial charge >= 0.3 is 0 Å². The molecule has 6 nitrogen and oxygen atoms in total. The van der Waals surface area contributed by atoms with Crippen LogP contribution in [-0.4, -0.2) is 25.7 Å². The number of H-pyrrole nitrogens is 1. The van der Waals surface area contributed by atoms with Crippen LogP contribution in [0.15, 0.2) is 42.7 Å². The predicted octanol–water partition coefficient (Wildman–Crippen LogP) is 2.71. The lowest BCUT2D eigenvalue weighted by Crippen LogP contribution is -2.15. The van der Waals surface area contributed by atoms with Crippen molar-refractivity contribution in [1.29, 1.82) is 0 Å². The summed E-state index contributed by atoms with van der Waals surface area (Å²) in [4.78, 5) is 20.0. The van der Waals surface area contributed by atoms with Crippen molar-refractivity contribution in [1.82, 2.24) is 19.7 Å². The Bertz CT molecular complexity index is 842. The smallest absolute Gasteiger partial charge is 0.231 e. The van der Waals surface area contributed by atoms with E-state index < -0.39 is 0 Å². The molecule has 0 fully saturated rings. The maximum atomic E-state index is 12.3. The van der Waals surface area contributed by atoms with Gasteiger partial charge < -0.3 is 4.98 Å². The van der Waals surface area contributed by atoms with Crippen LogP contribution in [0.2, 0.25) is 0 Å². The Kier molecular flexibility index (Phi) is 4.33. The highest BCUT2D eigenvalue weighted by atomic mass is 16.1. The quantitative estimate of drug-likeness (QED) is 0.753. The maximum Gasteiger partial charge on any atom is 0.231 e. The van der Waals surface area contributed by atoms with Gasteiger partial charge in [0, 0.05) is 11.9 Å². The van der Waals surface area contributed by atoms with Crippen LogP contribution in [0.3, 0.4) is 0 Å². The molecule has 2 N–H and O–H groups in total. The van der Waals surface area contributed by atoms with Gasteiger partial charge in [0.05, 0.1) is 24.9 Å². The number of rotatable bonds is 5. The molecule has 0 atom stereocenters. The average molecular weight is 335 g/mol. The summed E-state index contributed by atoms with van der Waals surface area (Å²) in [5.74, 6) is 0.485. The first kappa shape index (κ1) is 15.6. The number of nitrogens with zero attached hydrogens (tertiary/aromatic N) is 3. The summed E-state index contributed by atoms with van der Waals surface area (Å²) in [6, 6.07) is 10.1. The Balaban J connectivity index is 1.35. The van der Waals surface area contributed by atoms with Crippen LogP contribution < -0.4 is 5.32 Å². The van der Waals surface area contributed by atoms with Crippen molar-refractivity contribution in [3.63, 3.8) is 0 Å². The van der Waals surface area contributed by atoms with Gasteiger partial charge in [0.25, 0.3) is 0 Å². The number of hydrogen-bond donors (Lipinski definition) is 2. The average Bonchev–Trinajstić information content (AvgIpc) is 3.21. The number of aryl methyl sites for hydroxylation is 2. The van der Waals surface area contributed by atoms with E-state index in [1.54, 1.807) is 6.20 Å². The van der Waals surface area contributed by atoms with Crippen molar-refractivity contribution in [2.24, 2.45) is 0 Å². The number of amides is 1. The van der Waals surface area contributed by atoms with Crippen molar-refractivity contribution in [3.8, 4) is 0 Å². The number of carbonyl (C=O) groups is 1. The van der Waals surface area contributed by atoms with E-state index in [1.807, 2.05) is 29.1 Å². The molecule has 0 bridgehead atoms. The number of nitrogens with one attached hydrogen (secondary N) is 2. The van der Waals surface area contributed by atoms with Crippen LogP contribution in [0.5, 0.6) is 0 Å². The molecule has 25 heavy (non-hydrogen) atoms. The second kappa shape index (κ2) is 6.93. The standard InChI is InChI=1S/C19H21N5O/c25-18(23-19-21-16-8-4-5-9-17(16)22-19)10-15-11-20-24(13-15)12-14-6-2-1-3-7-14/h1-3,6-7,11,13H,4-5,8-10,12H2,(H2,21,22,23,25). The number of hydrogen-bond acceptors (Lipinski definition) is 3. The highest BCUT2D eigenvalue weighted by molar-refractivity contribution is 5.90. The molecule has 0 unspecified atom stereocenters. The van der Waals surface area contributed by atoms with Gasteiger partial charge in [-0.15, -0.1) is 0 Å². The van der Waals surface area contributed by atoms with E-state index in [2.05, 4.69) is 32.5 Å². The normalized spacial score (nSPS) is 13.4. The van der Waals surface area contributed by atoms with E-state index in [1.165, 1.54) is 18.4 Å². The zero-order valence-corrected chi connectivity index (χ0v) is 14.0. The summed E-state index contributed by atoms with van der Waals surface area (Å²) in [7, 11) is 0. The Hall–Kier alpha value is -2.89. The van der Waals surface area contributed by atoms with Gasteiger partial charge in [0.1, 0.15) is 0 Å². The minimum atomic E-state index is -0.0784. The lowest BCUT2D eigenvalue weighted by atomic mass is 10.0. The molecule has 1 aromatic carbocycles. The van der Waals surface area contributed by atoms with Crippen molar-refractivity contribution < 1.29 is 4.79 Å². The zero-order chi connectivity index (χ0) is 17.1. The van der Waals surface area contributed by atoms with Gasteiger partial charge in [-0.2, -0.15) is 5.10 Å². The number of imidazole rings is 1. The molecule has 0 spiro atoms. The lowest BCUT2D eigenvalue weighted by molar-refractivity contribution is -0.115. The van der Waals surface area contributed by atoms with Gasteiger partial charge in [0.15, 0.2) is 0 Å². The van der Waals surface area contributed by atoms with Gasteiger partial charge in [0.2, 0.25) is 11.9 Å². The topological polar surface area (TPSA) is 75.6 Å². The molecular formula is C19H21N5O. The van der Waals surface area contributed by atoms with Gasteiger partial charge in [-0.25, -0.2) is 4.98 Å². The van der Waals surface area contributed by atoms with Gasteiger partial charge in [-0.3, -0.25) is 14.8 Å². The summed E-state index contributed by atoms with van der Waals surface area (Å²) in [5.41, 5.74) is 4.34. The second-order valence-corrected chi connectivity index (χ2v) is 6.47. The monoisotopic (exact) mass is 335 g/mol. The van der Waals surface area contributed by atoms with Crippen LogP contribution in [0, 0.1) is 0 Å². The lowest BCUT2D eigenvalue weighted by Gasteiger charge is -2.07. The van der Waals surface area contributed by atoms with E-state index in [-0.39, 0.29) is 5.91 Å². The fourth-order valence-electron chi connectivity index (χ4n) is 3.23. The minimum Gasteiger partial charge on any atom is -0.328 e. The molecular weight excluding hydrogens is 314 g/mol. The molecule has 1 aliphatic carbocycles. The Morgan fingerprint density at radius 3 is 2.84 bits per heavy atom. The third-order valence-electron chi connectivity index (χ3n) is 4.45. The maximum absolute atomic E-state index is 12.3. The largest absolute Gasteiger partial charge is 0.328 e. The number of carbonyl (C=O) groups excluding carboxylic acids is 1. The Labute approximate surface area is 146 Å². The summed E-state index contributed by atoms with van der Waals surface area (Å²) >= 11 is 0. The van der Waals surface area contributed by atoms with E-state index >= 15 is 0 Å². The van der Waals surface area contributed by atoms with Crippen molar-refractivity contribution in [2.75, 3.05) is 5.32 Å². The zero-order valence-electron chi connectivity index (χ0n) is 14.0. The van der Waals surface area contributed by atoms with Crippen LogP contribution >= 0.6 is 0 Å².